The van der Waals surface area contributed by atoms with E-state index in [1.54, 1.807) is 4.90 Å². The molecule has 2 fully saturated rings. The molecule has 2 saturated heterocycles. The van der Waals surface area contributed by atoms with E-state index in [-0.39, 0.29) is 17.9 Å². The molecule has 2 aliphatic rings. The van der Waals surface area contributed by atoms with Gasteiger partial charge in [0, 0.05) is 18.3 Å². The van der Waals surface area contributed by atoms with Crippen LogP contribution in [0.15, 0.2) is 18.3 Å². The summed E-state index contributed by atoms with van der Waals surface area (Å²) < 4.78 is 39.1. The Balaban J connectivity index is 2.00. The van der Waals surface area contributed by atoms with Gasteiger partial charge in [0.05, 0.1) is 11.7 Å². The number of nitrogens with zero attached hydrogens (tertiary/aromatic N) is 2. The lowest BCUT2D eigenvalue weighted by molar-refractivity contribution is -0.137. The summed E-state index contributed by atoms with van der Waals surface area (Å²) in [6.07, 6.45) is -0.666. The summed E-state index contributed by atoms with van der Waals surface area (Å²) in [7, 11) is 0. The van der Waals surface area contributed by atoms with Crippen LogP contribution in [-0.4, -0.2) is 28.3 Å². The number of hydrogen-bond donors (Lipinski definition) is 1. The molecule has 0 aliphatic carbocycles. The highest BCUT2D eigenvalue weighted by atomic mass is 19.4. The van der Waals surface area contributed by atoms with Crippen LogP contribution >= 0.6 is 0 Å². The number of piperidine rings is 1. The molecule has 3 rings (SSSR count). The van der Waals surface area contributed by atoms with Crippen molar-refractivity contribution >= 4 is 5.82 Å². The molecule has 1 aromatic heterocycles. The van der Waals surface area contributed by atoms with Crippen molar-refractivity contribution in [2.75, 3.05) is 4.90 Å². The molecule has 1 aromatic rings. The molecular formula is C13H15F3N2O. The normalized spacial score (nSPS) is 30.7. The number of aromatic nitrogens is 1. The fourth-order valence-electron chi connectivity index (χ4n) is 3.32. The van der Waals surface area contributed by atoms with Crippen LogP contribution in [0.25, 0.3) is 0 Å². The summed E-state index contributed by atoms with van der Waals surface area (Å²) in [4.78, 5) is 5.73. The Morgan fingerprint density at radius 1 is 1.21 bits per heavy atom. The van der Waals surface area contributed by atoms with Gasteiger partial charge in [-0.2, -0.15) is 13.2 Å². The van der Waals surface area contributed by atoms with Crippen LogP contribution in [0, 0.1) is 0 Å². The van der Waals surface area contributed by atoms with E-state index in [2.05, 4.69) is 4.98 Å². The molecule has 0 aromatic carbocycles. The van der Waals surface area contributed by atoms with E-state index in [9.17, 15) is 18.3 Å². The van der Waals surface area contributed by atoms with E-state index in [0.29, 0.717) is 12.8 Å². The molecule has 1 N–H and O–H groups in total. The molecule has 2 aliphatic heterocycles. The summed E-state index contributed by atoms with van der Waals surface area (Å²) >= 11 is 0. The van der Waals surface area contributed by atoms with Crippen LogP contribution in [0.2, 0.25) is 0 Å². The monoisotopic (exact) mass is 272 g/mol. The lowest BCUT2D eigenvalue weighted by atomic mass is 9.99. The predicted molar refractivity (Wildman–Crippen MR) is 63.8 cm³/mol. The topological polar surface area (TPSA) is 36.4 Å². The number of fused-ring (bicyclic) bond motifs is 2. The summed E-state index contributed by atoms with van der Waals surface area (Å²) in [5.41, 5.74) is -0.678. The van der Waals surface area contributed by atoms with Crippen LogP contribution in [0.5, 0.6) is 0 Å². The molecule has 0 saturated carbocycles. The molecule has 0 amide bonds. The van der Waals surface area contributed by atoms with Gasteiger partial charge in [0.1, 0.15) is 5.82 Å². The third-order valence-corrected chi connectivity index (χ3v) is 4.04. The standard InChI is InChI=1S/C13H15F3N2O/c14-13(15,16)11-2-1-5-17-12(11)18-8-3-4-9(18)7-10(19)6-8/h1-2,5,8-10,19H,3-4,6-7H2. The van der Waals surface area contributed by atoms with Gasteiger partial charge in [-0.05, 0) is 37.8 Å². The van der Waals surface area contributed by atoms with Crippen molar-refractivity contribution < 1.29 is 18.3 Å². The van der Waals surface area contributed by atoms with Crippen LogP contribution in [-0.2, 0) is 6.18 Å². The Bertz CT molecular complexity index is 463. The van der Waals surface area contributed by atoms with Crippen molar-refractivity contribution in [3.63, 3.8) is 0 Å². The number of alkyl halides is 3. The maximum atomic E-state index is 13.0. The minimum atomic E-state index is -4.39. The lowest BCUT2D eigenvalue weighted by Gasteiger charge is -2.39. The number of hydrogen-bond acceptors (Lipinski definition) is 3. The van der Waals surface area contributed by atoms with Gasteiger partial charge in [-0.1, -0.05) is 0 Å². The van der Waals surface area contributed by atoms with Crippen molar-refractivity contribution in [1.29, 1.82) is 0 Å². The quantitative estimate of drug-likeness (QED) is 0.853. The number of aliphatic hydroxyl groups is 1. The third-order valence-electron chi connectivity index (χ3n) is 4.04. The molecule has 2 unspecified atom stereocenters. The molecule has 2 bridgehead atoms. The minimum Gasteiger partial charge on any atom is -0.393 e. The third kappa shape index (κ3) is 2.18. The molecule has 2 atom stereocenters. The van der Waals surface area contributed by atoms with Gasteiger partial charge < -0.3 is 10.0 Å². The number of rotatable bonds is 1. The highest BCUT2D eigenvalue weighted by Crippen LogP contribution is 2.43. The fourth-order valence-corrected chi connectivity index (χ4v) is 3.32. The van der Waals surface area contributed by atoms with Crippen LogP contribution in [0.1, 0.15) is 31.2 Å². The van der Waals surface area contributed by atoms with Crippen molar-refractivity contribution in [2.24, 2.45) is 0 Å². The molecular weight excluding hydrogens is 257 g/mol. The minimum absolute atomic E-state index is 0.0226. The largest absolute Gasteiger partial charge is 0.419 e. The molecule has 19 heavy (non-hydrogen) atoms. The smallest absolute Gasteiger partial charge is 0.393 e. The second-order valence-electron chi connectivity index (χ2n) is 5.29. The number of aliphatic hydroxyl groups excluding tert-OH is 1. The second kappa shape index (κ2) is 4.37. The average Bonchev–Trinajstić information content (AvgIpc) is 2.60. The van der Waals surface area contributed by atoms with Crippen LogP contribution in [0.3, 0.4) is 0 Å². The zero-order chi connectivity index (χ0) is 13.6. The Kier molecular flexibility index (Phi) is 2.92. The first-order valence-electron chi connectivity index (χ1n) is 6.45. The molecule has 3 heterocycles. The lowest BCUT2D eigenvalue weighted by Crippen LogP contribution is -2.46. The zero-order valence-electron chi connectivity index (χ0n) is 10.3. The highest BCUT2D eigenvalue weighted by molar-refractivity contribution is 5.52. The summed E-state index contributed by atoms with van der Waals surface area (Å²) in [6, 6.07) is 2.34. The maximum Gasteiger partial charge on any atom is 0.419 e. The Morgan fingerprint density at radius 3 is 2.42 bits per heavy atom. The number of anilines is 1. The van der Waals surface area contributed by atoms with Gasteiger partial charge in [-0.15, -0.1) is 0 Å². The van der Waals surface area contributed by atoms with E-state index in [0.717, 1.165) is 18.9 Å². The van der Waals surface area contributed by atoms with Gasteiger partial charge in [0.2, 0.25) is 0 Å². The van der Waals surface area contributed by atoms with Gasteiger partial charge in [-0.25, -0.2) is 4.98 Å². The molecule has 6 heteroatoms. The summed E-state index contributed by atoms with van der Waals surface area (Å²) in [5.74, 6) is 0.0226. The SMILES string of the molecule is OC1CC2CCC(C1)N2c1ncccc1C(F)(F)F. The van der Waals surface area contributed by atoms with E-state index >= 15 is 0 Å². The van der Waals surface area contributed by atoms with E-state index in [4.69, 9.17) is 0 Å². The van der Waals surface area contributed by atoms with Crippen molar-refractivity contribution in [3.05, 3.63) is 23.9 Å². The predicted octanol–water partition coefficient (Wildman–Crippen LogP) is 2.59. The van der Waals surface area contributed by atoms with Crippen LogP contribution < -0.4 is 4.90 Å². The van der Waals surface area contributed by atoms with Gasteiger partial charge in [-0.3, -0.25) is 0 Å². The number of halogens is 3. The maximum absolute atomic E-state index is 13.0. The highest BCUT2D eigenvalue weighted by Gasteiger charge is 2.44. The summed E-state index contributed by atoms with van der Waals surface area (Å²) in [6.45, 7) is 0. The van der Waals surface area contributed by atoms with E-state index in [1.165, 1.54) is 12.3 Å². The average molecular weight is 272 g/mol. The first-order valence-corrected chi connectivity index (χ1v) is 6.45. The Hall–Kier alpha value is -1.30. The second-order valence-corrected chi connectivity index (χ2v) is 5.29. The molecule has 104 valence electrons. The van der Waals surface area contributed by atoms with E-state index < -0.39 is 17.8 Å². The molecule has 3 nitrogen and oxygen atoms in total. The number of pyridine rings is 1. The van der Waals surface area contributed by atoms with E-state index in [1.807, 2.05) is 0 Å². The van der Waals surface area contributed by atoms with Gasteiger partial charge in [0.15, 0.2) is 0 Å². The van der Waals surface area contributed by atoms with Gasteiger partial charge >= 0.3 is 6.18 Å². The van der Waals surface area contributed by atoms with Crippen molar-refractivity contribution in [1.82, 2.24) is 4.98 Å². The zero-order valence-corrected chi connectivity index (χ0v) is 10.3. The van der Waals surface area contributed by atoms with Crippen molar-refractivity contribution in [3.8, 4) is 0 Å². The van der Waals surface area contributed by atoms with Gasteiger partial charge in [0.25, 0.3) is 0 Å². The first kappa shape index (κ1) is 12.7. The summed E-state index contributed by atoms with van der Waals surface area (Å²) in [5, 5.41) is 9.71. The molecule has 0 spiro atoms. The fraction of sp³-hybridized carbons (Fsp3) is 0.615. The van der Waals surface area contributed by atoms with Crippen LogP contribution in [0.4, 0.5) is 19.0 Å². The first-order chi connectivity index (χ1) is 8.97. The Morgan fingerprint density at radius 2 is 1.84 bits per heavy atom. The Labute approximate surface area is 109 Å². The van der Waals surface area contributed by atoms with Crippen molar-refractivity contribution in [2.45, 2.75) is 50.0 Å². The molecule has 0 radical (unpaired) electrons.